The van der Waals surface area contributed by atoms with Crippen LogP contribution in [0.2, 0.25) is 0 Å². The minimum atomic E-state index is 0.116. The number of anilines is 2. The Morgan fingerprint density at radius 1 is 1.25 bits per heavy atom. The second-order valence-corrected chi connectivity index (χ2v) is 6.51. The van der Waals surface area contributed by atoms with Crippen molar-refractivity contribution in [3.63, 3.8) is 0 Å². The SMILES string of the molecule is Nc1nnc(N2CC3CC(C2)c2cccc(=O)n2C3)s1. The molecule has 2 aliphatic rings. The largest absolute Gasteiger partial charge is 0.374 e. The molecule has 4 rings (SSSR count). The van der Waals surface area contributed by atoms with Crippen LogP contribution in [0.25, 0.3) is 0 Å². The van der Waals surface area contributed by atoms with Crippen molar-refractivity contribution in [2.45, 2.75) is 18.9 Å². The van der Waals surface area contributed by atoms with Crippen molar-refractivity contribution >= 4 is 21.6 Å². The first-order valence-electron chi connectivity index (χ1n) is 6.74. The average molecular weight is 289 g/mol. The van der Waals surface area contributed by atoms with Gasteiger partial charge in [-0.25, -0.2) is 0 Å². The van der Waals surface area contributed by atoms with Gasteiger partial charge in [-0.2, -0.15) is 0 Å². The maximum Gasteiger partial charge on any atom is 0.250 e. The summed E-state index contributed by atoms with van der Waals surface area (Å²) in [6.45, 7) is 2.61. The molecular weight excluding hydrogens is 274 g/mol. The molecule has 2 N–H and O–H groups in total. The summed E-state index contributed by atoms with van der Waals surface area (Å²) in [4.78, 5) is 14.2. The molecule has 0 aromatic carbocycles. The summed E-state index contributed by atoms with van der Waals surface area (Å²) >= 11 is 1.43. The van der Waals surface area contributed by atoms with Crippen LogP contribution in [-0.4, -0.2) is 27.9 Å². The Kier molecular flexibility index (Phi) is 2.56. The molecule has 7 heteroatoms. The van der Waals surface area contributed by atoms with E-state index in [0.717, 1.165) is 36.9 Å². The predicted molar refractivity (Wildman–Crippen MR) is 78.1 cm³/mol. The van der Waals surface area contributed by atoms with Crippen LogP contribution < -0.4 is 16.2 Å². The molecule has 2 unspecified atom stereocenters. The first kappa shape index (κ1) is 11.9. The van der Waals surface area contributed by atoms with E-state index in [-0.39, 0.29) is 5.56 Å². The number of piperidine rings is 1. The highest BCUT2D eigenvalue weighted by atomic mass is 32.1. The van der Waals surface area contributed by atoms with E-state index in [1.54, 1.807) is 6.07 Å². The van der Waals surface area contributed by atoms with Crippen LogP contribution in [0.1, 0.15) is 18.0 Å². The molecule has 2 aliphatic heterocycles. The van der Waals surface area contributed by atoms with Gasteiger partial charge in [0.2, 0.25) is 10.3 Å². The molecule has 2 aromatic rings. The van der Waals surface area contributed by atoms with E-state index in [1.165, 1.54) is 11.3 Å². The van der Waals surface area contributed by atoms with E-state index in [0.29, 0.717) is 17.0 Å². The van der Waals surface area contributed by atoms with Gasteiger partial charge < -0.3 is 15.2 Å². The van der Waals surface area contributed by atoms with Gasteiger partial charge in [0.25, 0.3) is 5.56 Å². The zero-order valence-corrected chi connectivity index (χ0v) is 11.7. The number of hydrogen-bond donors (Lipinski definition) is 1. The third-order valence-corrected chi connectivity index (χ3v) is 4.99. The maximum absolute atomic E-state index is 12.0. The summed E-state index contributed by atoms with van der Waals surface area (Å²) in [7, 11) is 0. The van der Waals surface area contributed by atoms with Crippen LogP contribution in [0.5, 0.6) is 0 Å². The summed E-state index contributed by atoms with van der Waals surface area (Å²) in [6, 6.07) is 5.57. The number of aromatic nitrogens is 3. The Morgan fingerprint density at radius 3 is 2.95 bits per heavy atom. The second-order valence-electron chi connectivity index (χ2n) is 5.53. The minimum absolute atomic E-state index is 0.116. The van der Waals surface area contributed by atoms with Crippen molar-refractivity contribution in [3.05, 3.63) is 34.2 Å². The maximum atomic E-state index is 12.0. The molecule has 2 bridgehead atoms. The van der Waals surface area contributed by atoms with E-state index in [2.05, 4.69) is 21.2 Å². The fraction of sp³-hybridized carbons (Fsp3) is 0.462. The molecule has 0 spiro atoms. The van der Waals surface area contributed by atoms with Gasteiger partial charge in [0, 0.05) is 37.3 Å². The van der Waals surface area contributed by atoms with Crippen molar-refractivity contribution in [1.29, 1.82) is 0 Å². The Labute approximate surface area is 119 Å². The fourth-order valence-corrected chi connectivity index (χ4v) is 4.04. The Balaban J connectivity index is 1.70. The van der Waals surface area contributed by atoms with Crippen molar-refractivity contribution in [3.8, 4) is 0 Å². The molecule has 1 saturated heterocycles. The number of rotatable bonds is 1. The highest BCUT2D eigenvalue weighted by Gasteiger charge is 2.35. The van der Waals surface area contributed by atoms with Gasteiger partial charge in [-0.3, -0.25) is 4.79 Å². The van der Waals surface area contributed by atoms with E-state index in [1.807, 2.05) is 10.6 Å². The van der Waals surface area contributed by atoms with Crippen molar-refractivity contribution < 1.29 is 0 Å². The van der Waals surface area contributed by atoms with Gasteiger partial charge in [-0.1, -0.05) is 17.4 Å². The van der Waals surface area contributed by atoms with Crippen molar-refractivity contribution in [2.75, 3.05) is 23.7 Å². The molecule has 20 heavy (non-hydrogen) atoms. The van der Waals surface area contributed by atoms with Crippen LogP contribution in [0.3, 0.4) is 0 Å². The zero-order chi connectivity index (χ0) is 13.7. The summed E-state index contributed by atoms with van der Waals surface area (Å²) in [6.07, 6.45) is 1.15. The molecule has 1 fully saturated rings. The summed E-state index contributed by atoms with van der Waals surface area (Å²) in [5, 5.41) is 9.43. The summed E-state index contributed by atoms with van der Waals surface area (Å²) in [5.41, 5.74) is 6.94. The molecule has 2 atom stereocenters. The van der Waals surface area contributed by atoms with E-state index < -0.39 is 0 Å². The number of hydrogen-bond acceptors (Lipinski definition) is 6. The van der Waals surface area contributed by atoms with Gasteiger partial charge in [-0.05, 0) is 18.4 Å². The molecule has 0 aliphatic carbocycles. The number of nitrogen functional groups attached to an aromatic ring is 1. The van der Waals surface area contributed by atoms with Crippen LogP contribution >= 0.6 is 11.3 Å². The normalized spacial score (nSPS) is 24.5. The Hall–Kier alpha value is -1.89. The second kappa shape index (κ2) is 4.31. The number of fused-ring (bicyclic) bond motifs is 4. The minimum Gasteiger partial charge on any atom is -0.374 e. The number of pyridine rings is 1. The highest BCUT2D eigenvalue weighted by molar-refractivity contribution is 7.18. The number of nitrogens with two attached hydrogens (primary N) is 1. The van der Waals surface area contributed by atoms with Gasteiger partial charge >= 0.3 is 0 Å². The molecule has 2 aromatic heterocycles. The molecule has 0 radical (unpaired) electrons. The van der Waals surface area contributed by atoms with Gasteiger partial charge in [0.1, 0.15) is 0 Å². The molecule has 0 saturated carbocycles. The Morgan fingerprint density at radius 2 is 2.15 bits per heavy atom. The Bertz CT molecular complexity index is 709. The van der Waals surface area contributed by atoms with Crippen molar-refractivity contribution in [2.24, 2.45) is 5.92 Å². The van der Waals surface area contributed by atoms with Crippen LogP contribution in [-0.2, 0) is 6.54 Å². The van der Waals surface area contributed by atoms with E-state index in [4.69, 9.17) is 5.73 Å². The van der Waals surface area contributed by atoms with Crippen LogP contribution in [0.4, 0.5) is 10.3 Å². The smallest absolute Gasteiger partial charge is 0.250 e. The molecule has 4 heterocycles. The van der Waals surface area contributed by atoms with Crippen molar-refractivity contribution in [1.82, 2.24) is 14.8 Å². The zero-order valence-electron chi connectivity index (χ0n) is 10.9. The van der Waals surface area contributed by atoms with E-state index in [9.17, 15) is 4.79 Å². The lowest BCUT2D eigenvalue weighted by Gasteiger charge is -2.42. The monoisotopic (exact) mass is 289 g/mol. The average Bonchev–Trinajstić information content (AvgIpc) is 2.87. The standard InChI is InChI=1S/C13H15N5OS/c14-12-15-16-13(20-12)17-5-8-4-9(7-17)10-2-1-3-11(19)18(10)6-8/h1-3,8-9H,4-7H2,(H2,14,15). The molecular formula is C13H15N5OS. The fourth-order valence-electron chi connectivity index (χ4n) is 3.41. The third kappa shape index (κ3) is 1.81. The topological polar surface area (TPSA) is 77.0 Å². The lowest BCUT2D eigenvalue weighted by atomic mass is 9.83. The lowest BCUT2D eigenvalue weighted by molar-refractivity contribution is 0.281. The first-order valence-corrected chi connectivity index (χ1v) is 7.56. The molecule has 0 amide bonds. The highest BCUT2D eigenvalue weighted by Crippen LogP contribution is 2.37. The summed E-state index contributed by atoms with van der Waals surface area (Å²) in [5.74, 6) is 0.882. The quantitative estimate of drug-likeness (QED) is 0.844. The lowest BCUT2D eigenvalue weighted by Crippen LogP contribution is -2.47. The molecule has 6 nitrogen and oxygen atoms in total. The van der Waals surface area contributed by atoms with Crippen LogP contribution in [0.15, 0.2) is 23.0 Å². The molecule has 104 valence electrons. The van der Waals surface area contributed by atoms with Gasteiger partial charge in [-0.15, -0.1) is 10.2 Å². The summed E-state index contributed by atoms with van der Waals surface area (Å²) < 4.78 is 1.94. The number of nitrogens with zero attached hydrogens (tertiary/aromatic N) is 4. The first-order chi connectivity index (χ1) is 9.70. The van der Waals surface area contributed by atoms with Crippen LogP contribution in [0, 0.1) is 5.92 Å². The third-order valence-electron chi connectivity index (χ3n) is 4.18. The van der Waals surface area contributed by atoms with Gasteiger partial charge in [0.05, 0.1) is 0 Å². The van der Waals surface area contributed by atoms with E-state index >= 15 is 0 Å². The van der Waals surface area contributed by atoms with Gasteiger partial charge in [0.15, 0.2) is 0 Å². The predicted octanol–water partition coefficient (Wildman–Crippen LogP) is 0.906.